The summed E-state index contributed by atoms with van der Waals surface area (Å²) in [5.74, 6) is -1.13. The van der Waals surface area contributed by atoms with Gasteiger partial charge in [-0.1, -0.05) is 20.8 Å². The Morgan fingerprint density at radius 3 is 2.57 bits per heavy atom. The van der Waals surface area contributed by atoms with Crippen molar-refractivity contribution < 1.29 is 18.7 Å². The molecule has 0 aliphatic heterocycles. The molecular formula is C16H21BrFNO3S. The minimum Gasteiger partial charge on any atom is -0.465 e. The van der Waals surface area contributed by atoms with Gasteiger partial charge in [-0.25, -0.2) is 4.39 Å². The third-order valence-corrected chi connectivity index (χ3v) is 5.37. The summed E-state index contributed by atoms with van der Waals surface area (Å²) in [6.45, 7) is 7.48. The van der Waals surface area contributed by atoms with Crippen LogP contribution in [0.4, 0.5) is 10.1 Å². The Morgan fingerprint density at radius 1 is 1.39 bits per heavy atom. The number of carbonyl (C=O) groups excluding carboxylic acids is 2. The van der Waals surface area contributed by atoms with E-state index in [1.807, 2.05) is 20.8 Å². The molecule has 0 bridgehead atoms. The van der Waals surface area contributed by atoms with Gasteiger partial charge in [-0.2, -0.15) is 0 Å². The molecular weight excluding hydrogens is 385 g/mol. The SMILES string of the molecule is CCCOC(=O)C(Sc1cc(NC(C)=O)c(F)cc1Br)C(C)C. The number of benzene rings is 1. The normalized spacial score (nSPS) is 12.1. The van der Waals surface area contributed by atoms with Gasteiger partial charge >= 0.3 is 5.97 Å². The molecule has 0 fully saturated rings. The van der Waals surface area contributed by atoms with Gasteiger partial charge < -0.3 is 10.1 Å². The molecule has 1 rings (SSSR count). The Balaban J connectivity index is 3.03. The molecule has 128 valence electrons. The second-order valence-corrected chi connectivity index (χ2v) is 7.43. The molecule has 0 heterocycles. The molecule has 0 saturated heterocycles. The topological polar surface area (TPSA) is 55.4 Å². The van der Waals surface area contributed by atoms with Crippen LogP contribution >= 0.6 is 27.7 Å². The first-order valence-electron chi connectivity index (χ1n) is 7.36. The lowest BCUT2D eigenvalue weighted by Gasteiger charge is -2.20. The molecule has 1 unspecified atom stereocenters. The van der Waals surface area contributed by atoms with Gasteiger partial charge in [0.1, 0.15) is 11.1 Å². The van der Waals surface area contributed by atoms with Crippen molar-refractivity contribution in [1.29, 1.82) is 0 Å². The highest BCUT2D eigenvalue weighted by atomic mass is 79.9. The Hall–Kier alpha value is -1.08. The van der Waals surface area contributed by atoms with Crippen LogP contribution in [0.5, 0.6) is 0 Å². The summed E-state index contributed by atoms with van der Waals surface area (Å²) >= 11 is 4.59. The summed E-state index contributed by atoms with van der Waals surface area (Å²) < 4.78 is 19.6. The Labute approximate surface area is 148 Å². The summed E-state index contributed by atoms with van der Waals surface area (Å²) in [7, 11) is 0. The van der Waals surface area contributed by atoms with Crippen LogP contribution in [0.25, 0.3) is 0 Å². The summed E-state index contributed by atoms with van der Waals surface area (Å²) in [4.78, 5) is 24.0. The largest absolute Gasteiger partial charge is 0.465 e. The van der Waals surface area contributed by atoms with Crippen molar-refractivity contribution >= 4 is 45.3 Å². The van der Waals surface area contributed by atoms with Crippen LogP contribution in [0.1, 0.15) is 34.1 Å². The summed E-state index contributed by atoms with van der Waals surface area (Å²) in [6.07, 6.45) is 0.758. The maximum Gasteiger partial charge on any atom is 0.319 e. The van der Waals surface area contributed by atoms with Gasteiger partial charge in [0, 0.05) is 16.3 Å². The lowest BCUT2D eigenvalue weighted by atomic mass is 10.1. The molecule has 1 N–H and O–H groups in total. The number of halogens is 2. The maximum absolute atomic E-state index is 13.9. The van der Waals surface area contributed by atoms with Crippen LogP contribution in [0.3, 0.4) is 0 Å². The highest BCUT2D eigenvalue weighted by Crippen LogP contribution is 2.37. The molecule has 0 spiro atoms. The lowest BCUT2D eigenvalue weighted by molar-refractivity contribution is -0.143. The number of esters is 1. The van der Waals surface area contributed by atoms with Crippen LogP contribution < -0.4 is 5.32 Å². The van der Waals surface area contributed by atoms with Crippen molar-refractivity contribution in [2.75, 3.05) is 11.9 Å². The first kappa shape index (κ1) is 20.0. The van der Waals surface area contributed by atoms with E-state index in [-0.39, 0.29) is 23.5 Å². The zero-order valence-electron chi connectivity index (χ0n) is 13.6. The molecule has 1 aromatic rings. The number of thioether (sulfide) groups is 1. The van der Waals surface area contributed by atoms with Gasteiger partial charge in [-0.15, -0.1) is 11.8 Å². The van der Waals surface area contributed by atoms with Crippen molar-refractivity contribution in [2.45, 2.75) is 44.3 Å². The fourth-order valence-corrected chi connectivity index (χ4v) is 3.45. The van der Waals surface area contributed by atoms with E-state index >= 15 is 0 Å². The smallest absolute Gasteiger partial charge is 0.319 e. The fraction of sp³-hybridized carbons (Fsp3) is 0.500. The van der Waals surface area contributed by atoms with Gasteiger partial charge in [0.15, 0.2) is 0 Å². The van der Waals surface area contributed by atoms with E-state index in [2.05, 4.69) is 21.2 Å². The number of ether oxygens (including phenoxy) is 1. The fourth-order valence-electron chi connectivity index (χ4n) is 1.78. The minimum absolute atomic E-state index is 0.0468. The highest BCUT2D eigenvalue weighted by molar-refractivity contribution is 9.10. The number of anilines is 1. The summed E-state index contributed by atoms with van der Waals surface area (Å²) in [5, 5.41) is 2.03. The molecule has 0 aliphatic rings. The number of hydrogen-bond donors (Lipinski definition) is 1. The minimum atomic E-state index is -0.536. The Kier molecular flexibility index (Phi) is 8.05. The predicted molar refractivity (Wildman–Crippen MR) is 94.1 cm³/mol. The highest BCUT2D eigenvalue weighted by Gasteiger charge is 2.26. The molecule has 1 aromatic carbocycles. The van der Waals surface area contributed by atoms with Crippen molar-refractivity contribution in [2.24, 2.45) is 5.92 Å². The number of nitrogens with one attached hydrogen (secondary N) is 1. The quantitative estimate of drug-likeness (QED) is 0.531. The molecule has 0 aliphatic carbocycles. The third-order valence-electron chi connectivity index (χ3n) is 2.87. The van der Waals surface area contributed by atoms with Gasteiger partial charge in [0.25, 0.3) is 0 Å². The van der Waals surface area contributed by atoms with E-state index in [1.54, 1.807) is 0 Å². The summed E-state index contributed by atoms with van der Waals surface area (Å²) in [5.41, 5.74) is 0.0904. The van der Waals surface area contributed by atoms with Gasteiger partial charge in [-0.3, -0.25) is 9.59 Å². The first-order chi connectivity index (χ1) is 10.8. The molecule has 0 aromatic heterocycles. The predicted octanol–water partition coefficient (Wildman–Crippen LogP) is 4.62. The van der Waals surface area contributed by atoms with Gasteiger partial charge in [-0.05, 0) is 40.4 Å². The van der Waals surface area contributed by atoms with Crippen LogP contribution in [0.15, 0.2) is 21.5 Å². The summed E-state index contributed by atoms with van der Waals surface area (Å²) in [6, 6.07) is 2.80. The maximum atomic E-state index is 13.9. The zero-order chi connectivity index (χ0) is 17.6. The van der Waals surface area contributed by atoms with E-state index < -0.39 is 11.1 Å². The molecule has 0 saturated carbocycles. The van der Waals surface area contributed by atoms with Crippen LogP contribution in [0.2, 0.25) is 0 Å². The molecule has 7 heteroatoms. The Morgan fingerprint density at radius 2 is 2.04 bits per heavy atom. The monoisotopic (exact) mass is 405 g/mol. The molecule has 4 nitrogen and oxygen atoms in total. The van der Waals surface area contributed by atoms with E-state index in [1.165, 1.54) is 30.8 Å². The van der Waals surface area contributed by atoms with Crippen LogP contribution in [0, 0.1) is 11.7 Å². The average molecular weight is 406 g/mol. The third kappa shape index (κ3) is 6.14. The number of carbonyl (C=O) groups is 2. The van der Waals surface area contributed by atoms with Crippen molar-refractivity contribution in [3.8, 4) is 0 Å². The van der Waals surface area contributed by atoms with E-state index in [0.29, 0.717) is 16.0 Å². The lowest BCUT2D eigenvalue weighted by Crippen LogP contribution is -2.26. The van der Waals surface area contributed by atoms with E-state index in [4.69, 9.17) is 4.74 Å². The molecule has 23 heavy (non-hydrogen) atoms. The van der Waals surface area contributed by atoms with E-state index in [9.17, 15) is 14.0 Å². The van der Waals surface area contributed by atoms with Gasteiger partial charge in [0.05, 0.1) is 12.3 Å². The standard InChI is InChI=1S/C16H21BrFNO3S/c1-5-6-22-16(21)15(9(2)3)23-14-8-13(19-10(4)20)12(18)7-11(14)17/h7-9,15H,5-6H2,1-4H3,(H,19,20). The second kappa shape index (κ2) is 9.27. The molecule has 0 radical (unpaired) electrons. The zero-order valence-corrected chi connectivity index (χ0v) is 16.0. The van der Waals surface area contributed by atoms with Gasteiger partial charge in [0.2, 0.25) is 5.91 Å². The number of rotatable bonds is 7. The molecule has 1 atom stereocenters. The van der Waals surface area contributed by atoms with Crippen molar-refractivity contribution in [3.63, 3.8) is 0 Å². The van der Waals surface area contributed by atoms with Crippen LogP contribution in [-0.4, -0.2) is 23.7 Å². The Bertz CT molecular complexity index is 581. The van der Waals surface area contributed by atoms with E-state index in [0.717, 1.165) is 6.42 Å². The average Bonchev–Trinajstić information content (AvgIpc) is 2.45. The number of hydrogen-bond acceptors (Lipinski definition) is 4. The second-order valence-electron chi connectivity index (χ2n) is 5.39. The van der Waals surface area contributed by atoms with Crippen LogP contribution in [-0.2, 0) is 14.3 Å². The number of amides is 1. The van der Waals surface area contributed by atoms with Crippen molar-refractivity contribution in [1.82, 2.24) is 0 Å². The molecule has 1 amide bonds. The first-order valence-corrected chi connectivity index (χ1v) is 9.03. The van der Waals surface area contributed by atoms with Crippen molar-refractivity contribution in [3.05, 3.63) is 22.4 Å².